The second-order valence-corrected chi connectivity index (χ2v) is 4.42. The Labute approximate surface area is 89.2 Å². The first-order valence-corrected chi connectivity index (χ1v) is 5.35. The number of hydrogen-bond donors (Lipinski definition) is 0. The van der Waals surface area contributed by atoms with Crippen LogP contribution in [0.5, 0.6) is 0 Å². The standard InChI is InChI=1S/C7H6F3NO4S/c1-4-5(2-11)6(3-14-4)15-16(12,13)7(8,9)10/h4H,3H2,1H3. The third kappa shape index (κ3) is 2.28. The van der Waals surface area contributed by atoms with Crippen LogP contribution in [0.15, 0.2) is 11.3 Å². The summed E-state index contributed by atoms with van der Waals surface area (Å²) in [6.07, 6.45) is -0.775. The Morgan fingerprint density at radius 1 is 1.56 bits per heavy atom. The van der Waals surface area contributed by atoms with Gasteiger partial charge < -0.3 is 8.92 Å². The number of nitrogens with zero attached hydrogens (tertiary/aromatic N) is 1. The summed E-state index contributed by atoms with van der Waals surface area (Å²) in [7, 11) is -5.74. The highest BCUT2D eigenvalue weighted by molar-refractivity contribution is 7.87. The van der Waals surface area contributed by atoms with Gasteiger partial charge in [-0.1, -0.05) is 0 Å². The highest BCUT2D eigenvalue weighted by atomic mass is 32.2. The predicted octanol–water partition coefficient (Wildman–Crippen LogP) is 1.05. The van der Waals surface area contributed by atoms with E-state index in [1.807, 2.05) is 0 Å². The van der Waals surface area contributed by atoms with Crippen molar-refractivity contribution in [2.24, 2.45) is 0 Å². The number of ether oxygens (including phenoxy) is 1. The first-order chi connectivity index (χ1) is 7.19. The van der Waals surface area contributed by atoms with Crippen molar-refractivity contribution in [2.45, 2.75) is 18.5 Å². The van der Waals surface area contributed by atoms with Crippen molar-refractivity contribution in [3.63, 3.8) is 0 Å². The Morgan fingerprint density at radius 2 is 2.12 bits per heavy atom. The van der Waals surface area contributed by atoms with Crippen LogP contribution >= 0.6 is 0 Å². The number of alkyl halides is 3. The lowest BCUT2D eigenvalue weighted by Gasteiger charge is -2.09. The van der Waals surface area contributed by atoms with Gasteiger partial charge in [0.15, 0.2) is 5.76 Å². The van der Waals surface area contributed by atoms with Crippen LogP contribution in [0.3, 0.4) is 0 Å². The molecule has 90 valence electrons. The molecule has 0 aromatic heterocycles. The Morgan fingerprint density at radius 3 is 2.56 bits per heavy atom. The molecule has 0 fully saturated rings. The molecule has 0 spiro atoms. The van der Waals surface area contributed by atoms with Crippen LogP contribution in [-0.4, -0.2) is 26.6 Å². The Balaban J connectivity index is 3.01. The highest BCUT2D eigenvalue weighted by Crippen LogP contribution is 2.30. The normalized spacial score (nSPS) is 22.1. The third-order valence-electron chi connectivity index (χ3n) is 1.79. The van der Waals surface area contributed by atoms with Crippen molar-refractivity contribution < 1.29 is 30.5 Å². The zero-order chi connectivity index (χ0) is 12.6. The molecule has 0 aromatic rings. The molecular weight excluding hydrogens is 251 g/mol. The van der Waals surface area contributed by atoms with E-state index in [1.54, 1.807) is 0 Å². The van der Waals surface area contributed by atoms with Gasteiger partial charge >= 0.3 is 15.6 Å². The van der Waals surface area contributed by atoms with Crippen LogP contribution in [0.4, 0.5) is 13.2 Å². The lowest BCUT2D eigenvalue weighted by Crippen LogP contribution is -2.25. The maximum atomic E-state index is 12.0. The van der Waals surface area contributed by atoms with E-state index in [0.29, 0.717) is 0 Å². The van der Waals surface area contributed by atoms with Crippen LogP contribution in [-0.2, 0) is 19.0 Å². The van der Waals surface area contributed by atoms with Gasteiger partial charge in [0.1, 0.15) is 12.7 Å². The summed E-state index contributed by atoms with van der Waals surface area (Å²) in [4.78, 5) is 0. The molecule has 0 aliphatic carbocycles. The second kappa shape index (κ2) is 3.95. The minimum atomic E-state index is -5.74. The third-order valence-corrected chi connectivity index (χ3v) is 2.77. The lowest BCUT2D eigenvalue weighted by molar-refractivity contribution is -0.0525. The van der Waals surface area contributed by atoms with E-state index in [0.717, 1.165) is 0 Å². The van der Waals surface area contributed by atoms with Crippen LogP contribution < -0.4 is 0 Å². The van der Waals surface area contributed by atoms with Crippen molar-refractivity contribution in [3.8, 4) is 6.07 Å². The summed E-state index contributed by atoms with van der Waals surface area (Å²) in [6.45, 7) is 0.925. The fourth-order valence-corrected chi connectivity index (χ4v) is 1.49. The molecule has 1 aliphatic heterocycles. The molecule has 9 heteroatoms. The summed E-state index contributed by atoms with van der Waals surface area (Å²) in [5.41, 5.74) is -5.78. The van der Waals surface area contributed by atoms with Crippen molar-refractivity contribution in [2.75, 3.05) is 6.61 Å². The summed E-state index contributed by atoms with van der Waals surface area (Å²) in [5.74, 6) is -0.618. The number of hydrogen-bond acceptors (Lipinski definition) is 5. The van der Waals surface area contributed by atoms with Crippen molar-refractivity contribution in [1.29, 1.82) is 5.26 Å². The van der Waals surface area contributed by atoms with E-state index in [2.05, 4.69) is 4.18 Å². The van der Waals surface area contributed by atoms with Gasteiger partial charge in [-0.2, -0.15) is 26.9 Å². The molecule has 1 heterocycles. The average molecular weight is 257 g/mol. The molecule has 0 radical (unpaired) electrons. The van der Waals surface area contributed by atoms with Crippen molar-refractivity contribution in [1.82, 2.24) is 0 Å². The second-order valence-electron chi connectivity index (χ2n) is 2.89. The van der Waals surface area contributed by atoms with Gasteiger partial charge in [-0.15, -0.1) is 0 Å². The molecule has 1 rings (SSSR count). The summed E-state index contributed by atoms with van der Waals surface area (Å²) >= 11 is 0. The van der Waals surface area contributed by atoms with E-state index in [1.165, 1.54) is 13.0 Å². The van der Waals surface area contributed by atoms with Gasteiger partial charge in [0.25, 0.3) is 0 Å². The SMILES string of the molecule is CC1OCC(OS(=O)(=O)C(F)(F)F)=C1C#N. The summed E-state index contributed by atoms with van der Waals surface area (Å²) in [6, 6.07) is 1.54. The topological polar surface area (TPSA) is 76.4 Å². The monoisotopic (exact) mass is 257 g/mol. The molecule has 5 nitrogen and oxygen atoms in total. The van der Waals surface area contributed by atoms with Crippen LogP contribution in [0, 0.1) is 11.3 Å². The molecule has 0 bridgehead atoms. The minimum Gasteiger partial charge on any atom is -0.377 e. The van der Waals surface area contributed by atoms with Gasteiger partial charge in [0, 0.05) is 0 Å². The predicted molar refractivity (Wildman–Crippen MR) is 44.1 cm³/mol. The molecule has 1 aliphatic rings. The van der Waals surface area contributed by atoms with E-state index < -0.39 is 34.1 Å². The molecule has 16 heavy (non-hydrogen) atoms. The van der Waals surface area contributed by atoms with Crippen LogP contribution in [0.2, 0.25) is 0 Å². The largest absolute Gasteiger partial charge is 0.534 e. The number of nitriles is 1. The van der Waals surface area contributed by atoms with Crippen molar-refractivity contribution >= 4 is 10.1 Å². The maximum Gasteiger partial charge on any atom is 0.534 e. The van der Waals surface area contributed by atoms with Crippen LogP contribution in [0.25, 0.3) is 0 Å². The van der Waals surface area contributed by atoms with E-state index in [-0.39, 0.29) is 5.57 Å². The molecular formula is C7H6F3NO4S. The summed E-state index contributed by atoms with van der Waals surface area (Å²) in [5, 5.41) is 8.56. The zero-order valence-electron chi connectivity index (χ0n) is 7.91. The Hall–Kier alpha value is -1.27. The van der Waals surface area contributed by atoms with E-state index in [4.69, 9.17) is 10.00 Å². The highest BCUT2D eigenvalue weighted by Gasteiger charge is 2.49. The minimum absolute atomic E-state index is 0.257. The molecule has 0 aromatic carbocycles. The fraction of sp³-hybridized carbons (Fsp3) is 0.571. The van der Waals surface area contributed by atoms with Crippen LogP contribution in [0.1, 0.15) is 6.92 Å². The maximum absolute atomic E-state index is 12.0. The lowest BCUT2D eigenvalue weighted by atomic mass is 10.2. The molecule has 0 N–H and O–H groups in total. The van der Waals surface area contributed by atoms with Crippen molar-refractivity contribution in [3.05, 3.63) is 11.3 Å². The number of halogens is 3. The molecule has 0 amide bonds. The summed E-state index contributed by atoms with van der Waals surface area (Å²) < 4.78 is 65.7. The average Bonchev–Trinajstić information content (AvgIpc) is 2.44. The Kier molecular flexibility index (Phi) is 3.16. The fourth-order valence-electron chi connectivity index (χ4n) is 0.990. The quantitative estimate of drug-likeness (QED) is 0.546. The molecule has 0 saturated heterocycles. The number of rotatable bonds is 2. The first-order valence-electron chi connectivity index (χ1n) is 3.94. The Bertz CT molecular complexity index is 459. The van der Waals surface area contributed by atoms with Gasteiger partial charge in [-0.25, -0.2) is 0 Å². The first kappa shape index (κ1) is 12.8. The molecule has 1 atom stereocenters. The molecule has 1 unspecified atom stereocenters. The van der Waals surface area contributed by atoms with Gasteiger partial charge in [0.2, 0.25) is 0 Å². The van der Waals surface area contributed by atoms with Gasteiger partial charge in [-0.05, 0) is 6.92 Å². The smallest absolute Gasteiger partial charge is 0.377 e. The van der Waals surface area contributed by atoms with E-state index >= 15 is 0 Å². The van der Waals surface area contributed by atoms with E-state index in [9.17, 15) is 21.6 Å². The van der Waals surface area contributed by atoms with Gasteiger partial charge in [0.05, 0.1) is 11.7 Å². The zero-order valence-corrected chi connectivity index (χ0v) is 8.72. The molecule has 0 saturated carbocycles. The van der Waals surface area contributed by atoms with Gasteiger partial charge in [-0.3, -0.25) is 0 Å².